The molecule has 0 aliphatic heterocycles. The molecule has 2 aromatic heterocycles. The zero-order valence-corrected chi connectivity index (χ0v) is 10.6. The lowest BCUT2D eigenvalue weighted by Crippen LogP contribution is -2.01. The van der Waals surface area contributed by atoms with Gasteiger partial charge in [-0.1, -0.05) is 12.1 Å². The molecule has 7 heteroatoms. The fraction of sp³-hybridized carbons (Fsp3) is 0. The van der Waals surface area contributed by atoms with Gasteiger partial charge in [-0.05, 0) is 18.2 Å². The topological polar surface area (TPSA) is 109 Å². The van der Waals surface area contributed by atoms with Gasteiger partial charge in [0, 0.05) is 17.8 Å². The average Bonchev–Trinajstić information content (AvgIpc) is 2.97. The van der Waals surface area contributed by atoms with Crippen molar-refractivity contribution < 1.29 is 14.3 Å². The summed E-state index contributed by atoms with van der Waals surface area (Å²) in [5.41, 5.74) is 0.565. The number of aromatic amines is 1. The highest BCUT2D eigenvalue weighted by molar-refractivity contribution is 5.94. The number of hydrogen-bond donors (Lipinski definition) is 2. The molecule has 0 spiro atoms. The number of aromatic carboxylic acids is 1. The van der Waals surface area contributed by atoms with E-state index >= 15 is 0 Å². The molecule has 0 fully saturated rings. The summed E-state index contributed by atoms with van der Waals surface area (Å²) in [5, 5.41) is 16.8. The Morgan fingerprint density at radius 3 is 2.67 bits per heavy atom. The van der Waals surface area contributed by atoms with Crippen LogP contribution in [0.1, 0.15) is 10.4 Å². The van der Waals surface area contributed by atoms with Gasteiger partial charge in [-0.2, -0.15) is 0 Å². The fourth-order valence-corrected chi connectivity index (χ4v) is 1.88. The second-order valence-corrected chi connectivity index (χ2v) is 4.20. The first-order chi connectivity index (χ1) is 10.1. The van der Waals surface area contributed by atoms with Gasteiger partial charge < -0.3 is 14.5 Å². The molecular weight excluding hydrogens is 274 g/mol. The Morgan fingerprint density at radius 2 is 1.90 bits per heavy atom. The van der Waals surface area contributed by atoms with Gasteiger partial charge in [0.1, 0.15) is 0 Å². The fourth-order valence-electron chi connectivity index (χ4n) is 1.88. The highest BCUT2D eigenvalue weighted by atomic mass is 16.4. The molecule has 7 nitrogen and oxygen atoms in total. The van der Waals surface area contributed by atoms with Gasteiger partial charge in [0.05, 0.1) is 11.1 Å². The Hall–Kier alpha value is -3.22. The van der Waals surface area contributed by atoms with E-state index in [1.165, 1.54) is 18.3 Å². The third-order valence-electron chi connectivity index (χ3n) is 2.83. The van der Waals surface area contributed by atoms with Crippen LogP contribution in [-0.4, -0.2) is 26.3 Å². The van der Waals surface area contributed by atoms with E-state index in [4.69, 9.17) is 9.52 Å². The summed E-state index contributed by atoms with van der Waals surface area (Å²) in [6, 6.07) is 9.26. The number of H-pyrrole nitrogens is 1. The predicted molar refractivity (Wildman–Crippen MR) is 72.8 cm³/mol. The Kier molecular flexibility index (Phi) is 3.07. The van der Waals surface area contributed by atoms with Crippen molar-refractivity contribution in [3.05, 3.63) is 58.5 Å². The van der Waals surface area contributed by atoms with Crippen molar-refractivity contribution in [2.75, 3.05) is 0 Å². The first-order valence-corrected chi connectivity index (χ1v) is 6.00. The highest BCUT2D eigenvalue weighted by Crippen LogP contribution is 2.25. The number of nitrogens with zero attached hydrogens (tertiary/aromatic N) is 2. The van der Waals surface area contributed by atoms with Crippen molar-refractivity contribution in [1.29, 1.82) is 0 Å². The minimum Gasteiger partial charge on any atom is -0.478 e. The van der Waals surface area contributed by atoms with E-state index in [0.29, 0.717) is 11.1 Å². The summed E-state index contributed by atoms with van der Waals surface area (Å²) in [7, 11) is 0. The van der Waals surface area contributed by atoms with E-state index in [9.17, 15) is 9.59 Å². The summed E-state index contributed by atoms with van der Waals surface area (Å²) in [6.07, 6.45) is 1.47. The Bertz CT molecular complexity index is 866. The molecular formula is C14H9N3O4. The quantitative estimate of drug-likeness (QED) is 0.758. The minimum absolute atomic E-state index is 0.0682. The molecule has 0 aliphatic carbocycles. The summed E-state index contributed by atoms with van der Waals surface area (Å²) in [5.74, 6) is -0.846. The van der Waals surface area contributed by atoms with E-state index in [1.54, 1.807) is 24.3 Å². The number of aromatic nitrogens is 3. The van der Waals surface area contributed by atoms with E-state index < -0.39 is 5.97 Å². The molecule has 2 N–H and O–H groups in total. The zero-order chi connectivity index (χ0) is 14.8. The predicted octanol–water partition coefficient (Wildman–Crippen LogP) is 1.79. The number of benzene rings is 1. The van der Waals surface area contributed by atoms with Crippen LogP contribution in [0.15, 0.2) is 51.8 Å². The van der Waals surface area contributed by atoms with Crippen LogP contribution in [0.25, 0.3) is 22.9 Å². The Morgan fingerprint density at radius 1 is 1.14 bits per heavy atom. The van der Waals surface area contributed by atoms with E-state index in [2.05, 4.69) is 15.2 Å². The lowest BCUT2D eigenvalue weighted by Gasteiger charge is -2.00. The van der Waals surface area contributed by atoms with Crippen molar-refractivity contribution >= 4 is 5.97 Å². The molecule has 21 heavy (non-hydrogen) atoms. The number of carbonyl (C=O) groups is 1. The van der Waals surface area contributed by atoms with E-state index in [1.807, 2.05) is 0 Å². The van der Waals surface area contributed by atoms with Crippen molar-refractivity contribution in [2.24, 2.45) is 0 Å². The number of nitrogens with one attached hydrogen (secondary N) is 1. The number of carboxylic acids is 1. The normalized spacial score (nSPS) is 10.5. The number of rotatable bonds is 3. The number of carboxylic acid groups (broad SMARTS) is 1. The first-order valence-electron chi connectivity index (χ1n) is 6.00. The van der Waals surface area contributed by atoms with Crippen LogP contribution in [0, 0.1) is 0 Å². The molecule has 0 saturated carbocycles. The third kappa shape index (κ3) is 2.44. The van der Waals surface area contributed by atoms with Crippen molar-refractivity contribution in [1.82, 2.24) is 15.2 Å². The molecule has 1 aromatic carbocycles. The van der Waals surface area contributed by atoms with Crippen molar-refractivity contribution in [3.63, 3.8) is 0 Å². The van der Waals surface area contributed by atoms with Crippen LogP contribution in [-0.2, 0) is 0 Å². The summed E-state index contributed by atoms with van der Waals surface area (Å²) in [6.45, 7) is 0. The maximum atomic E-state index is 11.3. The molecule has 3 rings (SSSR count). The summed E-state index contributed by atoms with van der Waals surface area (Å²) < 4.78 is 5.46. The van der Waals surface area contributed by atoms with Gasteiger partial charge in [0.25, 0.3) is 0 Å². The second-order valence-electron chi connectivity index (χ2n) is 4.20. The van der Waals surface area contributed by atoms with Gasteiger partial charge in [0.15, 0.2) is 0 Å². The molecule has 3 aromatic rings. The molecule has 0 saturated heterocycles. The smallest absolute Gasteiger partial charge is 0.336 e. The molecule has 0 aliphatic rings. The minimum atomic E-state index is -1.08. The van der Waals surface area contributed by atoms with Crippen LogP contribution >= 0.6 is 0 Å². The monoisotopic (exact) mass is 283 g/mol. The van der Waals surface area contributed by atoms with Gasteiger partial charge in [-0.25, -0.2) is 4.79 Å². The maximum absolute atomic E-state index is 11.3. The molecule has 0 bridgehead atoms. The first kappa shape index (κ1) is 12.8. The largest absolute Gasteiger partial charge is 0.478 e. The van der Waals surface area contributed by atoms with Crippen LogP contribution < -0.4 is 5.56 Å². The van der Waals surface area contributed by atoms with Gasteiger partial charge >= 0.3 is 5.97 Å². The standard InChI is InChI=1S/C14H9N3O4/c18-11-7-8(5-6-15-11)12-16-17-13(21-12)9-3-1-2-4-10(9)14(19)20/h1-7H,(H,15,18)(H,19,20). The van der Waals surface area contributed by atoms with E-state index in [-0.39, 0.29) is 22.9 Å². The average molecular weight is 283 g/mol. The molecule has 104 valence electrons. The molecule has 2 heterocycles. The third-order valence-corrected chi connectivity index (χ3v) is 2.83. The number of hydrogen-bond acceptors (Lipinski definition) is 5. The van der Waals surface area contributed by atoms with Gasteiger partial charge in [-0.3, -0.25) is 4.79 Å². The highest BCUT2D eigenvalue weighted by Gasteiger charge is 2.17. The molecule has 0 atom stereocenters. The van der Waals surface area contributed by atoms with Gasteiger partial charge in [0.2, 0.25) is 17.3 Å². The van der Waals surface area contributed by atoms with Crippen LogP contribution in [0.4, 0.5) is 0 Å². The van der Waals surface area contributed by atoms with Gasteiger partial charge in [-0.15, -0.1) is 10.2 Å². The molecule has 0 amide bonds. The Labute approximate surface area is 117 Å². The lowest BCUT2D eigenvalue weighted by molar-refractivity contribution is 0.0697. The summed E-state index contributed by atoms with van der Waals surface area (Å²) in [4.78, 5) is 24.9. The SMILES string of the molecule is O=C(O)c1ccccc1-c1nnc(-c2cc[nH]c(=O)c2)o1. The van der Waals surface area contributed by atoms with Crippen LogP contribution in [0.2, 0.25) is 0 Å². The lowest BCUT2D eigenvalue weighted by atomic mass is 10.1. The van der Waals surface area contributed by atoms with Crippen molar-refractivity contribution in [2.45, 2.75) is 0 Å². The van der Waals surface area contributed by atoms with Crippen molar-refractivity contribution in [3.8, 4) is 22.9 Å². The molecule has 0 unspecified atom stereocenters. The second kappa shape index (κ2) is 5.04. The van der Waals surface area contributed by atoms with E-state index in [0.717, 1.165) is 0 Å². The number of pyridine rings is 1. The van der Waals surface area contributed by atoms with Crippen LogP contribution in [0.3, 0.4) is 0 Å². The summed E-state index contributed by atoms with van der Waals surface area (Å²) >= 11 is 0. The molecule has 0 radical (unpaired) electrons. The maximum Gasteiger partial charge on any atom is 0.336 e. The zero-order valence-electron chi connectivity index (χ0n) is 10.6. The van der Waals surface area contributed by atoms with Crippen LogP contribution in [0.5, 0.6) is 0 Å². The Balaban J connectivity index is 2.07.